The fraction of sp³-hybridized carbons (Fsp3) is 0.385. The Bertz CT molecular complexity index is 890. The Morgan fingerprint density at radius 3 is 2.38 bits per heavy atom. The summed E-state index contributed by atoms with van der Waals surface area (Å²) >= 11 is 0. The zero-order chi connectivity index (χ0) is 21.4. The molecule has 3 N–H and O–H groups in total. The van der Waals surface area contributed by atoms with Crippen molar-refractivity contribution in [2.24, 2.45) is 5.92 Å². The van der Waals surface area contributed by atoms with Gasteiger partial charge in [-0.25, -0.2) is 0 Å². The van der Waals surface area contributed by atoms with Crippen molar-refractivity contribution < 1.29 is 15.3 Å². The van der Waals surface area contributed by atoms with Gasteiger partial charge in [0.15, 0.2) is 0 Å². The number of aliphatic hydroxyl groups excluding tert-OH is 2. The first-order chi connectivity index (χ1) is 13.9. The van der Waals surface area contributed by atoms with E-state index in [1.807, 2.05) is 44.2 Å². The van der Waals surface area contributed by atoms with Crippen molar-refractivity contribution in [2.45, 2.75) is 52.6 Å². The number of phenols is 1. The van der Waals surface area contributed by atoms with Gasteiger partial charge in [-0.3, -0.25) is 0 Å². The Morgan fingerprint density at radius 1 is 1.07 bits per heavy atom. The van der Waals surface area contributed by atoms with Crippen LogP contribution < -0.4 is 0 Å². The number of fused-ring (bicyclic) bond motifs is 1. The molecule has 0 heterocycles. The van der Waals surface area contributed by atoms with E-state index in [-0.39, 0.29) is 18.3 Å². The van der Waals surface area contributed by atoms with Gasteiger partial charge >= 0.3 is 0 Å². The zero-order valence-electron chi connectivity index (χ0n) is 17.9. The van der Waals surface area contributed by atoms with Crippen molar-refractivity contribution in [2.75, 3.05) is 6.61 Å². The van der Waals surface area contributed by atoms with Crippen molar-refractivity contribution in [1.82, 2.24) is 0 Å². The highest BCUT2D eigenvalue weighted by molar-refractivity contribution is 5.94. The topological polar surface area (TPSA) is 60.7 Å². The molecule has 0 bridgehead atoms. The van der Waals surface area contributed by atoms with Crippen LogP contribution in [-0.4, -0.2) is 28.0 Å². The molecule has 0 aliphatic rings. The predicted molar refractivity (Wildman–Crippen MR) is 123 cm³/mol. The minimum Gasteiger partial charge on any atom is -0.507 e. The Hall–Kier alpha value is -2.36. The summed E-state index contributed by atoms with van der Waals surface area (Å²) < 4.78 is 0. The normalized spacial score (nSPS) is 13.9. The number of rotatable bonds is 10. The van der Waals surface area contributed by atoms with E-state index < -0.39 is 6.10 Å². The smallest absolute Gasteiger partial charge is 0.123 e. The van der Waals surface area contributed by atoms with Gasteiger partial charge < -0.3 is 15.3 Å². The maximum Gasteiger partial charge on any atom is 0.123 e. The van der Waals surface area contributed by atoms with E-state index in [9.17, 15) is 15.3 Å². The number of hydrogen-bond donors (Lipinski definition) is 3. The first-order valence-corrected chi connectivity index (χ1v) is 10.5. The molecule has 156 valence electrons. The molecule has 2 rings (SSSR count). The fourth-order valence-corrected chi connectivity index (χ4v) is 3.63. The molecule has 29 heavy (non-hydrogen) atoms. The lowest BCUT2D eigenvalue weighted by molar-refractivity contribution is 0.199. The van der Waals surface area contributed by atoms with Crippen LogP contribution in [0.15, 0.2) is 65.8 Å². The third-order valence-corrected chi connectivity index (χ3v) is 5.34. The summed E-state index contributed by atoms with van der Waals surface area (Å²) in [4.78, 5) is 0. The maximum absolute atomic E-state index is 10.8. The Labute approximate surface area is 174 Å². The molecule has 3 heteroatoms. The summed E-state index contributed by atoms with van der Waals surface area (Å²) in [6, 6.07) is 11.5. The van der Waals surface area contributed by atoms with E-state index in [1.165, 1.54) is 5.57 Å². The first-order valence-electron chi connectivity index (χ1n) is 10.5. The summed E-state index contributed by atoms with van der Waals surface area (Å²) in [5.74, 6) is 0.507. The van der Waals surface area contributed by atoms with Gasteiger partial charge in [-0.15, -0.1) is 0 Å². The maximum atomic E-state index is 10.8. The molecule has 0 saturated carbocycles. The van der Waals surface area contributed by atoms with Gasteiger partial charge in [0.25, 0.3) is 0 Å². The molecule has 0 amide bonds. The molecule has 0 spiro atoms. The van der Waals surface area contributed by atoms with Crippen LogP contribution in [0.2, 0.25) is 0 Å². The second kappa shape index (κ2) is 11.0. The lowest BCUT2D eigenvalue weighted by Gasteiger charge is -2.20. The van der Waals surface area contributed by atoms with Crippen LogP contribution in [-0.2, 0) is 0 Å². The number of aromatic hydroxyl groups is 1. The van der Waals surface area contributed by atoms with Crippen LogP contribution in [0.5, 0.6) is 5.75 Å². The van der Waals surface area contributed by atoms with Crippen LogP contribution >= 0.6 is 0 Å². The third kappa shape index (κ3) is 6.06. The van der Waals surface area contributed by atoms with Crippen LogP contribution in [0.3, 0.4) is 0 Å². The molecule has 2 aromatic rings. The van der Waals surface area contributed by atoms with Gasteiger partial charge in [0.1, 0.15) is 5.75 Å². The van der Waals surface area contributed by atoms with Gasteiger partial charge in [0, 0.05) is 5.39 Å². The molecule has 0 saturated heterocycles. The highest BCUT2D eigenvalue weighted by Gasteiger charge is 2.16. The molecule has 0 aromatic heterocycles. The number of benzene rings is 2. The summed E-state index contributed by atoms with van der Waals surface area (Å²) in [7, 11) is 0. The van der Waals surface area contributed by atoms with Crippen LogP contribution in [0.25, 0.3) is 16.8 Å². The zero-order valence-corrected chi connectivity index (χ0v) is 17.9. The Kier molecular flexibility index (Phi) is 8.69. The summed E-state index contributed by atoms with van der Waals surface area (Å²) in [6.45, 7) is 10.2. The number of phenolic OH excluding ortho intramolecular Hbond substituents is 1. The molecule has 0 aliphatic heterocycles. The Morgan fingerprint density at radius 2 is 1.76 bits per heavy atom. The van der Waals surface area contributed by atoms with Crippen molar-refractivity contribution in [3.63, 3.8) is 0 Å². The predicted octanol–water partition coefficient (Wildman–Crippen LogP) is 6.00. The van der Waals surface area contributed by atoms with Gasteiger partial charge in [0.05, 0.1) is 12.7 Å². The summed E-state index contributed by atoms with van der Waals surface area (Å²) in [6.07, 6.45) is 6.53. The highest BCUT2D eigenvalue weighted by atomic mass is 16.3. The van der Waals surface area contributed by atoms with Crippen molar-refractivity contribution in [1.29, 1.82) is 0 Å². The lowest BCUT2D eigenvalue weighted by atomic mass is 9.89. The molecule has 1 unspecified atom stereocenters. The van der Waals surface area contributed by atoms with Crippen LogP contribution in [0.1, 0.15) is 52.0 Å². The number of hydrogen-bond acceptors (Lipinski definition) is 3. The largest absolute Gasteiger partial charge is 0.507 e. The molecule has 1 atom stereocenters. The van der Waals surface area contributed by atoms with E-state index in [2.05, 4.69) is 19.6 Å². The molecular formula is C26H34O3. The molecule has 0 radical (unpaired) electrons. The highest BCUT2D eigenvalue weighted by Crippen LogP contribution is 2.31. The third-order valence-electron chi connectivity index (χ3n) is 5.34. The fourth-order valence-electron chi connectivity index (χ4n) is 3.63. The van der Waals surface area contributed by atoms with E-state index >= 15 is 0 Å². The van der Waals surface area contributed by atoms with Crippen molar-refractivity contribution >= 4 is 16.8 Å². The Balaban J connectivity index is 2.26. The second-order valence-corrected chi connectivity index (χ2v) is 7.85. The lowest BCUT2D eigenvalue weighted by Crippen LogP contribution is -2.15. The van der Waals surface area contributed by atoms with Crippen molar-refractivity contribution in [3.8, 4) is 5.75 Å². The summed E-state index contributed by atoms with van der Waals surface area (Å²) in [5.41, 5.74) is 3.96. The molecule has 2 aromatic carbocycles. The molecule has 0 aliphatic carbocycles. The quantitative estimate of drug-likeness (QED) is 0.433. The second-order valence-electron chi connectivity index (χ2n) is 7.85. The summed E-state index contributed by atoms with van der Waals surface area (Å²) in [5, 5.41) is 32.1. The van der Waals surface area contributed by atoms with Crippen LogP contribution in [0.4, 0.5) is 0 Å². The van der Waals surface area contributed by atoms with Crippen molar-refractivity contribution in [3.05, 3.63) is 71.3 Å². The van der Waals surface area contributed by atoms with E-state index in [4.69, 9.17) is 0 Å². The van der Waals surface area contributed by atoms with E-state index in [0.29, 0.717) is 6.42 Å². The van der Waals surface area contributed by atoms with E-state index in [0.717, 1.165) is 46.7 Å². The number of aliphatic hydroxyl groups is 2. The van der Waals surface area contributed by atoms with E-state index in [1.54, 1.807) is 12.1 Å². The standard InChI is InChI=1S/C26H34O3/c1-5-8-20(11-13-25(28)22(15-16-27)19(4)18(2)3)17-21-12-14-26(29)24-10-7-6-9-23(21)24/h6-7,9-10,12,14-15,17-18,25,27-29H,4-5,8,11,13,16H2,1-3H3/b20-17+,22-15-. The monoisotopic (exact) mass is 394 g/mol. The number of allylic oxidation sites excluding steroid dienone is 1. The molecular weight excluding hydrogens is 360 g/mol. The van der Waals surface area contributed by atoms with Gasteiger partial charge in [-0.05, 0) is 53.3 Å². The minimum absolute atomic E-state index is 0.102. The molecule has 0 fully saturated rings. The van der Waals surface area contributed by atoms with Crippen LogP contribution in [0, 0.1) is 5.92 Å². The van der Waals surface area contributed by atoms with Gasteiger partial charge in [-0.1, -0.05) is 81.8 Å². The van der Waals surface area contributed by atoms with Gasteiger partial charge in [0.2, 0.25) is 0 Å². The average molecular weight is 395 g/mol. The SMILES string of the molecule is C=C(/C(=C/CO)C(O)CC/C(=C/c1ccc(O)c2ccccc12)CCC)C(C)C. The first kappa shape index (κ1) is 22.9. The minimum atomic E-state index is -0.645. The average Bonchev–Trinajstić information content (AvgIpc) is 2.71. The molecule has 3 nitrogen and oxygen atoms in total. The van der Waals surface area contributed by atoms with Gasteiger partial charge in [-0.2, -0.15) is 0 Å².